The van der Waals surface area contributed by atoms with Crippen molar-refractivity contribution < 1.29 is 19.1 Å². The van der Waals surface area contributed by atoms with E-state index in [9.17, 15) is 9.59 Å². The minimum Gasteiger partial charge on any atom is -0.489 e. The van der Waals surface area contributed by atoms with Gasteiger partial charge < -0.3 is 14.8 Å². The number of amides is 2. The molecule has 2 aromatic rings. The maximum atomic E-state index is 12.8. The molecule has 0 fully saturated rings. The number of hydrazone groups is 1. The highest BCUT2D eigenvalue weighted by atomic mass is 35.5. The molecule has 182 valence electrons. The molecule has 0 saturated carbocycles. The Hall–Kier alpha value is -3.03. The SMILES string of the molecule is C=CCOc1ccccc1/C=N\NC(=O)[C@@H](CC(C)C)NC(=O)[C@@H](C)Oc1ccc(Cl)cc1Cl. The van der Waals surface area contributed by atoms with Crippen molar-refractivity contribution >= 4 is 41.2 Å². The molecule has 7 nitrogen and oxygen atoms in total. The standard InChI is InChI=1S/C25H29Cl2N3O4/c1-5-12-33-22-9-7-6-8-18(22)15-28-30-25(32)21(13-16(2)3)29-24(31)17(4)34-23-11-10-19(26)14-20(23)27/h5-11,14-17,21H,1,12-13H2,2-4H3,(H,29,31)(H,30,32)/b28-15-/t17-,21-/m1/s1. The first kappa shape index (κ1) is 27.2. The van der Waals surface area contributed by atoms with Gasteiger partial charge in [0.05, 0.1) is 11.2 Å². The number of ether oxygens (including phenoxy) is 2. The Bertz CT molecular complexity index is 1030. The Kier molecular flexibility index (Phi) is 10.9. The smallest absolute Gasteiger partial charge is 0.262 e. The molecule has 0 bridgehead atoms. The number of rotatable bonds is 12. The van der Waals surface area contributed by atoms with E-state index < -0.39 is 24.0 Å². The van der Waals surface area contributed by atoms with Crippen LogP contribution in [0.4, 0.5) is 0 Å². The predicted octanol–water partition coefficient (Wildman–Crippen LogP) is 5.01. The number of carbonyl (C=O) groups excluding carboxylic acids is 2. The number of para-hydroxylation sites is 1. The second-order valence-electron chi connectivity index (χ2n) is 7.90. The Balaban J connectivity index is 2.02. The third-order valence-electron chi connectivity index (χ3n) is 4.56. The Morgan fingerprint density at radius 1 is 1.09 bits per heavy atom. The van der Waals surface area contributed by atoms with Gasteiger partial charge in [-0.05, 0) is 49.6 Å². The molecule has 0 spiro atoms. The summed E-state index contributed by atoms with van der Waals surface area (Å²) < 4.78 is 11.2. The van der Waals surface area contributed by atoms with Crippen LogP contribution >= 0.6 is 23.2 Å². The van der Waals surface area contributed by atoms with Gasteiger partial charge in [0, 0.05) is 10.6 Å². The summed E-state index contributed by atoms with van der Waals surface area (Å²) in [7, 11) is 0. The Labute approximate surface area is 210 Å². The van der Waals surface area contributed by atoms with Gasteiger partial charge in [-0.25, -0.2) is 5.43 Å². The molecule has 2 aromatic carbocycles. The van der Waals surface area contributed by atoms with E-state index in [0.717, 1.165) is 0 Å². The Morgan fingerprint density at radius 3 is 2.50 bits per heavy atom. The summed E-state index contributed by atoms with van der Waals surface area (Å²) in [5.41, 5.74) is 3.18. The molecule has 0 unspecified atom stereocenters. The van der Waals surface area contributed by atoms with Gasteiger partial charge in [-0.2, -0.15) is 5.10 Å². The van der Waals surface area contributed by atoms with E-state index in [1.165, 1.54) is 12.3 Å². The molecule has 0 aromatic heterocycles. The van der Waals surface area contributed by atoms with Crippen LogP contribution in [0.15, 0.2) is 60.2 Å². The third kappa shape index (κ3) is 8.72. The van der Waals surface area contributed by atoms with Crippen LogP contribution in [0.2, 0.25) is 10.0 Å². The van der Waals surface area contributed by atoms with E-state index in [1.807, 2.05) is 32.0 Å². The van der Waals surface area contributed by atoms with Gasteiger partial charge >= 0.3 is 0 Å². The number of nitrogens with zero attached hydrogens (tertiary/aromatic N) is 1. The predicted molar refractivity (Wildman–Crippen MR) is 136 cm³/mol. The first-order valence-corrected chi connectivity index (χ1v) is 11.5. The molecule has 2 amide bonds. The van der Waals surface area contributed by atoms with Crippen molar-refractivity contribution in [3.8, 4) is 11.5 Å². The van der Waals surface area contributed by atoms with Gasteiger partial charge in [-0.3, -0.25) is 9.59 Å². The normalized spacial score (nSPS) is 12.8. The van der Waals surface area contributed by atoms with Crippen molar-refractivity contribution in [2.24, 2.45) is 11.0 Å². The summed E-state index contributed by atoms with van der Waals surface area (Å²) in [6, 6.07) is 11.2. The summed E-state index contributed by atoms with van der Waals surface area (Å²) >= 11 is 12.0. The molecule has 0 aliphatic heterocycles. The first-order chi connectivity index (χ1) is 16.2. The molecule has 0 aliphatic carbocycles. The molecule has 0 aliphatic rings. The lowest BCUT2D eigenvalue weighted by atomic mass is 10.0. The number of carbonyl (C=O) groups is 2. The highest BCUT2D eigenvalue weighted by Gasteiger charge is 2.25. The van der Waals surface area contributed by atoms with Gasteiger partial charge in [0.2, 0.25) is 0 Å². The monoisotopic (exact) mass is 505 g/mol. The van der Waals surface area contributed by atoms with Crippen molar-refractivity contribution in [3.05, 3.63) is 70.7 Å². The molecule has 2 N–H and O–H groups in total. The van der Waals surface area contributed by atoms with E-state index in [1.54, 1.807) is 31.2 Å². The van der Waals surface area contributed by atoms with Crippen molar-refractivity contribution in [3.63, 3.8) is 0 Å². The zero-order valence-corrected chi connectivity index (χ0v) is 20.9. The van der Waals surface area contributed by atoms with Crippen LogP contribution in [0.25, 0.3) is 0 Å². The summed E-state index contributed by atoms with van der Waals surface area (Å²) in [6.45, 7) is 9.46. The lowest BCUT2D eigenvalue weighted by Gasteiger charge is -2.22. The lowest BCUT2D eigenvalue weighted by molar-refractivity contribution is -0.132. The fourth-order valence-corrected chi connectivity index (χ4v) is 3.37. The molecule has 2 rings (SSSR count). The zero-order valence-electron chi connectivity index (χ0n) is 19.4. The van der Waals surface area contributed by atoms with Crippen LogP contribution < -0.4 is 20.2 Å². The summed E-state index contributed by atoms with van der Waals surface area (Å²) in [5, 5.41) is 7.51. The second-order valence-corrected chi connectivity index (χ2v) is 8.74. The quantitative estimate of drug-likeness (QED) is 0.241. The number of halogens is 2. The average molecular weight is 506 g/mol. The summed E-state index contributed by atoms with van der Waals surface area (Å²) in [4.78, 5) is 25.5. The lowest BCUT2D eigenvalue weighted by Crippen LogP contribution is -2.49. The minimum absolute atomic E-state index is 0.148. The largest absolute Gasteiger partial charge is 0.489 e. The summed E-state index contributed by atoms with van der Waals surface area (Å²) in [5.74, 6) is 0.174. The number of benzene rings is 2. The molecule has 2 atom stereocenters. The molecule has 9 heteroatoms. The van der Waals surface area contributed by atoms with E-state index in [-0.39, 0.29) is 10.9 Å². The second kappa shape index (κ2) is 13.6. The molecule has 0 heterocycles. The van der Waals surface area contributed by atoms with Gasteiger partial charge in [0.25, 0.3) is 11.8 Å². The molecule has 0 saturated heterocycles. The molecular formula is C25H29Cl2N3O4. The van der Waals surface area contributed by atoms with E-state index in [4.69, 9.17) is 32.7 Å². The Morgan fingerprint density at radius 2 is 1.82 bits per heavy atom. The van der Waals surface area contributed by atoms with Gasteiger partial charge in [-0.15, -0.1) is 0 Å². The van der Waals surface area contributed by atoms with Crippen LogP contribution in [0, 0.1) is 5.92 Å². The van der Waals surface area contributed by atoms with Crippen LogP contribution in [-0.4, -0.2) is 36.8 Å². The number of nitrogens with one attached hydrogen (secondary N) is 2. The highest BCUT2D eigenvalue weighted by Crippen LogP contribution is 2.28. The third-order valence-corrected chi connectivity index (χ3v) is 5.09. The van der Waals surface area contributed by atoms with Crippen molar-refractivity contribution in [1.29, 1.82) is 0 Å². The van der Waals surface area contributed by atoms with Crippen molar-refractivity contribution in [1.82, 2.24) is 10.7 Å². The van der Waals surface area contributed by atoms with E-state index in [0.29, 0.717) is 35.1 Å². The van der Waals surface area contributed by atoms with Crippen LogP contribution in [-0.2, 0) is 9.59 Å². The van der Waals surface area contributed by atoms with Gasteiger partial charge in [0.1, 0.15) is 24.1 Å². The maximum Gasteiger partial charge on any atom is 0.262 e. The van der Waals surface area contributed by atoms with Crippen LogP contribution in [0.1, 0.15) is 32.8 Å². The zero-order chi connectivity index (χ0) is 25.1. The van der Waals surface area contributed by atoms with Crippen molar-refractivity contribution in [2.75, 3.05) is 6.61 Å². The fourth-order valence-electron chi connectivity index (χ4n) is 2.92. The van der Waals surface area contributed by atoms with Crippen LogP contribution in [0.3, 0.4) is 0 Å². The topological polar surface area (TPSA) is 89.0 Å². The maximum absolute atomic E-state index is 12.8. The highest BCUT2D eigenvalue weighted by molar-refractivity contribution is 6.35. The van der Waals surface area contributed by atoms with Crippen LogP contribution in [0.5, 0.6) is 11.5 Å². The van der Waals surface area contributed by atoms with E-state index in [2.05, 4.69) is 22.4 Å². The number of hydrogen-bond donors (Lipinski definition) is 2. The number of hydrogen-bond acceptors (Lipinski definition) is 5. The van der Waals surface area contributed by atoms with Crippen molar-refractivity contribution in [2.45, 2.75) is 39.3 Å². The fraction of sp³-hybridized carbons (Fsp3) is 0.320. The summed E-state index contributed by atoms with van der Waals surface area (Å²) in [6.07, 6.45) is 2.65. The first-order valence-electron chi connectivity index (χ1n) is 10.8. The van der Waals surface area contributed by atoms with Gasteiger partial charge in [0.15, 0.2) is 6.10 Å². The minimum atomic E-state index is -0.890. The molecular weight excluding hydrogens is 477 g/mol. The van der Waals surface area contributed by atoms with E-state index >= 15 is 0 Å². The average Bonchev–Trinajstić information content (AvgIpc) is 2.79. The molecule has 0 radical (unpaired) electrons. The van der Waals surface area contributed by atoms with Gasteiger partial charge in [-0.1, -0.05) is 61.8 Å². The molecule has 34 heavy (non-hydrogen) atoms.